The standard InChI is InChI=1S/C23H26N4O6S2/c24-22(29)25-10-11-34-15-19-12-20(35-21(28)17-4-2-1-3-5-17)13-26(19)23(30)33-14-16-6-8-18(9-7-16)27(31)32/h1-9,19-20H,10-15H2,(H3,24,25,29)/t19-,20-/m0/s1. The lowest BCUT2D eigenvalue weighted by atomic mass is 10.2. The highest BCUT2D eigenvalue weighted by Crippen LogP contribution is 2.32. The van der Waals surface area contributed by atoms with Crippen molar-refractivity contribution in [2.24, 2.45) is 5.73 Å². The van der Waals surface area contributed by atoms with Gasteiger partial charge in [-0.05, 0) is 24.1 Å². The summed E-state index contributed by atoms with van der Waals surface area (Å²) in [5.74, 6) is 1.25. The lowest BCUT2D eigenvalue weighted by molar-refractivity contribution is -0.384. The average Bonchev–Trinajstić information content (AvgIpc) is 3.25. The van der Waals surface area contributed by atoms with Crippen LogP contribution in [0.4, 0.5) is 15.3 Å². The van der Waals surface area contributed by atoms with Crippen LogP contribution < -0.4 is 11.1 Å². The van der Waals surface area contributed by atoms with E-state index in [1.54, 1.807) is 40.9 Å². The maximum atomic E-state index is 12.9. The van der Waals surface area contributed by atoms with Crippen LogP contribution in [0.2, 0.25) is 0 Å². The van der Waals surface area contributed by atoms with E-state index in [-0.39, 0.29) is 28.7 Å². The number of nitrogens with one attached hydrogen (secondary N) is 1. The summed E-state index contributed by atoms with van der Waals surface area (Å²) < 4.78 is 5.48. The summed E-state index contributed by atoms with van der Waals surface area (Å²) in [5, 5.41) is 13.2. The van der Waals surface area contributed by atoms with E-state index in [1.807, 2.05) is 18.2 Å². The summed E-state index contributed by atoms with van der Waals surface area (Å²) in [5.41, 5.74) is 6.29. The van der Waals surface area contributed by atoms with E-state index in [0.29, 0.717) is 42.1 Å². The Hall–Kier alpha value is -3.25. The van der Waals surface area contributed by atoms with Gasteiger partial charge in [0, 0.05) is 53.6 Å². The van der Waals surface area contributed by atoms with Gasteiger partial charge in [-0.2, -0.15) is 11.8 Å². The second kappa shape index (κ2) is 13.0. The Morgan fingerprint density at radius 3 is 2.51 bits per heavy atom. The van der Waals surface area contributed by atoms with Crippen LogP contribution in [0.1, 0.15) is 22.3 Å². The van der Waals surface area contributed by atoms with Crippen molar-refractivity contribution in [3.8, 4) is 0 Å². The molecule has 0 aliphatic carbocycles. The van der Waals surface area contributed by atoms with E-state index in [4.69, 9.17) is 10.5 Å². The van der Waals surface area contributed by atoms with Gasteiger partial charge < -0.3 is 20.7 Å². The molecule has 0 aromatic heterocycles. The van der Waals surface area contributed by atoms with E-state index < -0.39 is 17.0 Å². The number of likely N-dealkylation sites (tertiary alicyclic amines) is 1. The maximum absolute atomic E-state index is 12.9. The molecule has 35 heavy (non-hydrogen) atoms. The number of nitrogens with zero attached hydrogens (tertiary/aromatic N) is 2. The highest BCUT2D eigenvalue weighted by atomic mass is 32.2. The predicted octanol–water partition coefficient (Wildman–Crippen LogP) is 3.65. The molecule has 12 heteroatoms. The molecule has 1 fully saturated rings. The summed E-state index contributed by atoms with van der Waals surface area (Å²) >= 11 is 2.79. The lowest BCUT2D eigenvalue weighted by Gasteiger charge is -2.23. The second-order valence-corrected chi connectivity index (χ2v) is 10.2. The molecule has 1 heterocycles. The van der Waals surface area contributed by atoms with Crippen LogP contribution in [-0.2, 0) is 11.3 Å². The fraction of sp³-hybridized carbons (Fsp3) is 0.348. The molecule has 1 saturated heterocycles. The molecule has 0 radical (unpaired) electrons. The maximum Gasteiger partial charge on any atom is 0.410 e. The van der Waals surface area contributed by atoms with E-state index in [0.717, 1.165) is 0 Å². The highest BCUT2D eigenvalue weighted by Gasteiger charge is 2.37. The third-order valence-corrected chi connectivity index (χ3v) is 7.50. The molecule has 0 spiro atoms. The van der Waals surface area contributed by atoms with Crippen molar-refractivity contribution in [2.45, 2.75) is 24.3 Å². The summed E-state index contributed by atoms with van der Waals surface area (Å²) in [7, 11) is 0. The van der Waals surface area contributed by atoms with Crippen LogP contribution in [-0.4, -0.2) is 62.9 Å². The van der Waals surface area contributed by atoms with Crippen molar-refractivity contribution in [2.75, 3.05) is 24.6 Å². The van der Waals surface area contributed by atoms with Gasteiger partial charge in [0.1, 0.15) is 6.61 Å². The van der Waals surface area contributed by atoms with Gasteiger partial charge in [-0.1, -0.05) is 42.1 Å². The van der Waals surface area contributed by atoms with Gasteiger partial charge in [-0.25, -0.2) is 9.59 Å². The molecular formula is C23H26N4O6S2. The van der Waals surface area contributed by atoms with Crippen LogP contribution in [0.5, 0.6) is 0 Å². The van der Waals surface area contributed by atoms with E-state index in [9.17, 15) is 24.5 Å². The number of thioether (sulfide) groups is 2. The topological polar surface area (TPSA) is 145 Å². The van der Waals surface area contributed by atoms with Crippen molar-refractivity contribution >= 4 is 46.5 Å². The Morgan fingerprint density at radius 1 is 1.14 bits per heavy atom. The Bertz CT molecular complexity index is 1040. The predicted molar refractivity (Wildman–Crippen MR) is 135 cm³/mol. The summed E-state index contributed by atoms with van der Waals surface area (Å²) in [6.45, 7) is 0.769. The average molecular weight is 519 g/mol. The molecule has 2 aromatic carbocycles. The fourth-order valence-corrected chi connectivity index (χ4v) is 5.67. The number of non-ortho nitro benzene ring substituents is 1. The normalized spacial score (nSPS) is 17.1. The first-order valence-corrected chi connectivity index (χ1v) is 12.9. The number of amides is 3. The SMILES string of the molecule is NC(=O)NCCSC[C@@H]1C[C@H](SC(=O)c2ccccc2)CN1C(=O)OCc1ccc([N+](=O)[O-])cc1. The number of nitro benzene ring substituents is 1. The molecule has 0 bridgehead atoms. The number of rotatable bonds is 10. The van der Waals surface area contributed by atoms with Crippen LogP contribution in [0.15, 0.2) is 54.6 Å². The third kappa shape index (κ3) is 8.18. The largest absolute Gasteiger partial charge is 0.445 e. The smallest absolute Gasteiger partial charge is 0.410 e. The number of carbonyl (C=O) groups is 3. The summed E-state index contributed by atoms with van der Waals surface area (Å²) in [4.78, 5) is 48.3. The monoisotopic (exact) mass is 518 g/mol. The number of ether oxygens (including phenoxy) is 1. The van der Waals surface area contributed by atoms with Crippen molar-refractivity contribution in [3.05, 3.63) is 75.8 Å². The molecule has 3 N–H and O–H groups in total. The number of nitrogens with two attached hydrogens (primary N) is 1. The van der Waals surface area contributed by atoms with Gasteiger partial charge in [0.05, 0.1) is 4.92 Å². The molecule has 186 valence electrons. The number of nitro groups is 1. The third-order valence-electron chi connectivity index (χ3n) is 5.26. The molecular weight excluding hydrogens is 492 g/mol. The Kier molecular flexibility index (Phi) is 9.79. The Labute approximate surface area is 211 Å². The lowest BCUT2D eigenvalue weighted by Crippen LogP contribution is -2.38. The van der Waals surface area contributed by atoms with Crippen molar-refractivity contribution < 1.29 is 24.0 Å². The van der Waals surface area contributed by atoms with Gasteiger partial charge in [0.25, 0.3) is 5.69 Å². The minimum atomic E-state index is -0.584. The van der Waals surface area contributed by atoms with Crippen molar-refractivity contribution in [3.63, 3.8) is 0 Å². The van der Waals surface area contributed by atoms with Gasteiger partial charge in [0.15, 0.2) is 0 Å². The van der Waals surface area contributed by atoms with Crippen molar-refractivity contribution in [1.82, 2.24) is 10.2 Å². The van der Waals surface area contributed by atoms with E-state index in [1.165, 1.54) is 23.9 Å². The zero-order valence-corrected chi connectivity index (χ0v) is 20.5. The van der Waals surface area contributed by atoms with Crippen LogP contribution in [0.25, 0.3) is 0 Å². The molecule has 0 saturated carbocycles. The molecule has 1 aliphatic heterocycles. The molecule has 3 amide bonds. The zero-order chi connectivity index (χ0) is 25.2. The zero-order valence-electron chi connectivity index (χ0n) is 18.8. The van der Waals surface area contributed by atoms with Crippen LogP contribution in [0, 0.1) is 10.1 Å². The van der Waals surface area contributed by atoms with E-state index in [2.05, 4.69) is 5.32 Å². The quantitative estimate of drug-likeness (QED) is 0.275. The highest BCUT2D eigenvalue weighted by molar-refractivity contribution is 8.14. The van der Waals surface area contributed by atoms with Gasteiger partial charge in [-0.15, -0.1) is 0 Å². The van der Waals surface area contributed by atoms with Crippen molar-refractivity contribution in [1.29, 1.82) is 0 Å². The molecule has 0 unspecified atom stereocenters. The van der Waals surface area contributed by atoms with Gasteiger partial charge >= 0.3 is 12.1 Å². The molecule has 2 aromatic rings. The fourth-order valence-electron chi connectivity index (χ4n) is 3.54. The van der Waals surface area contributed by atoms with Crippen LogP contribution in [0.3, 0.4) is 0 Å². The van der Waals surface area contributed by atoms with Crippen LogP contribution >= 0.6 is 23.5 Å². The first-order valence-electron chi connectivity index (χ1n) is 10.9. The number of carbonyl (C=O) groups excluding carboxylic acids is 3. The first-order chi connectivity index (χ1) is 16.8. The first kappa shape index (κ1) is 26.4. The van der Waals surface area contributed by atoms with E-state index >= 15 is 0 Å². The number of urea groups is 1. The van der Waals surface area contributed by atoms with Gasteiger partial charge in [0.2, 0.25) is 5.12 Å². The summed E-state index contributed by atoms with van der Waals surface area (Å²) in [6, 6.07) is 14.1. The van der Waals surface area contributed by atoms with Gasteiger partial charge in [-0.3, -0.25) is 14.9 Å². The summed E-state index contributed by atoms with van der Waals surface area (Å²) in [6.07, 6.45) is 0.131. The Balaban J connectivity index is 1.58. The minimum Gasteiger partial charge on any atom is -0.445 e. The second-order valence-electron chi connectivity index (χ2n) is 7.78. The molecule has 2 atom stereocenters. The molecule has 10 nitrogen and oxygen atoms in total. The molecule has 1 aliphatic rings. The number of primary amides is 1. The minimum absolute atomic E-state index is 0.0174. The number of hydrogen-bond donors (Lipinski definition) is 2. The number of benzene rings is 2. The number of hydrogen-bond acceptors (Lipinski definition) is 8. The Morgan fingerprint density at radius 2 is 1.86 bits per heavy atom. The molecule has 3 rings (SSSR count).